The number of ether oxygens (including phenoxy) is 3. The van der Waals surface area contributed by atoms with Crippen molar-refractivity contribution in [3.05, 3.63) is 11.6 Å². The van der Waals surface area contributed by atoms with Crippen LogP contribution in [0.4, 0.5) is 0 Å². The Hall–Kier alpha value is -0.830. The van der Waals surface area contributed by atoms with E-state index in [0.29, 0.717) is 24.2 Å². The molecule has 1 saturated heterocycles. The molecule has 35 heavy (non-hydrogen) atoms. The van der Waals surface area contributed by atoms with Crippen LogP contribution in [0.3, 0.4) is 0 Å². The molecule has 1 unspecified atom stereocenters. The minimum atomic E-state index is -1.22. The number of carbonyl (C=O) groups excluding carboxylic acids is 1. The average Bonchev–Trinajstić information content (AvgIpc) is 3.10. The first-order valence-corrected chi connectivity index (χ1v) is 13.6. The lowest BCUT2D eigenvalue weighted by Gasteiger charge is -2.60. The van der Waals surface area contributed by atoms with E-state index in [0.717, 1.165) is 44.9 Å². The molecule has 0 aromatic heterocycles. The summed E-state index contributed by atoms with van der Waals surface area (Å²) >= 11 is 0. The minimum Gasteiger partial charge on any atom is -0.388 e. The highest BCUT2D eigenvalue weighted by Crippen LogP contribution is 2.67. The number of methoxy groups -OCH3 is 1. The lowest BCUT2D eigenvalue weighted by atomic mass is 9.46. The van der Waals surface area contributed by atoms with Crippen molar-refractivity contribution < 1.29 is 34.3 Å². The molecule has 0 aromatic rings. The summed E-state index contributed by atoms with van der Waals surface area (Å²) in [5.74, 6) is 1.02. The zero-order valence-electron chi connectivity index (χ0n) is 21.9. The van der Waals surface area contributed by atoms with Crippen molar-refractivity contribution in [1.82, 2.24) is 0 Å². The number of fused-ring (bicyclic) bond motifs is 5. The van der Waals surface area contributed by atoms with E-state index < -0.39 is 36.3 Å². The Morgan fingerprint density at radius 3 is 2.51 bits per heavy atom. The normalized spacial score (nSPS) is 53.8. The molecule has 5 rings (SSSR count). The van der Waals surface area contributed by atoms with Gasteiger partial charge in [0.2, 0.25) is 0 Å². The van der Waals surface area contributed by atoms with Gasteiger partial charge in [0.15, 0.2) is 12.1 Å². The van der Waals surface area contributed by atoms with Gasteiger partial charge in [-0.15, -0.1) is 0 Å². The maximum atomic E-state index is 12.5. The second-order valence-corrected chi connectivity index (χ2v) is 12.4. The maximum absolute atomic E-state index is 12.5. The van der Waals surface area contributed by atoms with Crippen molar-refractivity contribution >= 4 is 5.78 Å². The average molecular weight is 493 g/mol. The molecular weight excluding hydrogens is 448 g/mol. The van der Waals surface area contributed by atoms with Crippen molar-refractivity contribution in [2.75, 3.05) is 7.11 Å². The molecule has 4 fully saturated rings. The number of hydrogen-bond acceptors (Lipinski definition) is 7. The van der Waals surface area contributed by atoms with Crippen LogP contribution in [0.25, 0.3) is 0 Å². The third-order valence-corrected chi connectivity index (χ3v) is 11.2. The number of ketones is 1. The fourth-order valence-electron chi connectivity index (χ4n) is 9.02. The van der Waals surface area contributed by atoms with Crippen molar-refractivity contribution in [3.8, 4) is 0 Å². The van der Waals surface area contributed by atoms with Gasteiger partial charge in [0.25, 0.3) is 0 Å². The van der Waals surface area contributed by atoms with Gasteiger partial charge in [-0.05, 0) is 83.0 Å². The second-order valence-electron chi connectivity index (χ2n) is 12.4. The Morgan fingerprint density at radius 1 is 1.11 bits per heavy atom. The molecule has 7 heteroatoms. The quantitative estimate of drug-likeness (QED) is 0.518. The summed E-state index contributed by atoms with van der Waals surface area (Å²) in [6.45, 7) is 7.78. The zero-order chi connectivity index (χ0) is 25.3. The molecule has 5 aliphatic rings. The largest absolute Gasteiger partial charge is 0.388 e. The van der Waals surface area contributed by atoms with E-state index in [1.54, 1.807) is 13.8 Å². The van der Waals surface area contributed by atoms with E-state index in [4.69, 9.17) is 14.2 Å². The summed E-state index contributed by atoms with van der Waals surface area (Å²) in [6, 6.07) is 0. The van der Waals surface area contributed by atoms with Crippen molar-refractivity contribution in [1.29, 1.82) is 0 Å². The molecule has 0 bridgehead atoms. The molecule has 1 heterocycles. The summed E-state index contributed by atoms with van der Waals surface area (Å²) in [6.07, 6.45) is 5.43. The molecule has 12 atom stereocenters. The van der Waals surface area contributed by atoms with Crippen molar-refractivity contribution in [2.24, 2.45) is 28.6 Å². The number of hydrogen-bond donors (Lipinski definition) is 3. The van der Waals surface area contributed by atoms with Gasteiger partial charge in [0.1, 0.15) is 23.9 Å². The third kappa shape index (κ3) is 3.56. The van der Waals surface area contributed by atoms with Crippen LogP contribution in [0, 0.1) is 28.6 Å². The predicted octanol–water partition coefficient (Wildman–Crippen LogP) is 3.14. The molecule has 198 valence electrons. The van der Waals surface area contributed by atoms with Gasteiger partial charge < -0.3 is 29.5 Å². The van der Waals surface area contributed by atoms with E-state index in [1.807, 2.05) is 0 Å². The fourth-order valence-corrected chi connectivity index (χ4v) is 9.02. The van der Waals surface area contributed by atoms with Gasteiger partial charge in [0.05, 0.1) is 12.2 Å². The minimum absolute atomic E-state index is 0.0898. The summed E-state index contributed by atoms with van der Waals surface area (Å²) in [5.41, 5.74) is -0.316. The number of aliphatic hydroxyl groups excluding tert-OH is 2. The molecule has 4 aliphatic carbocycles. The summed E-state index contributed by atoms with van der Waals surface area (Å²) in [7, 11) is 1.51. The second kappa shape index (κ2) is 8.88. The van der Waals surface area contributed by atoms with E-state index in [2.05, 4.69) is 19.9 Å². The Balaban J connectivity index is 1.44. The topological polar surface area (TPSA) is 105 Å². The highest BCUT2D eigenvalue weighted by atomic mass is 16.7. The number of rotatable bonds is 4. The van der Waals surface area contributed by atoms with Crippen LogP contribution < -0.4 is 0 Å². The number of allylic oxidation sites excluding steroid dienone is 1. The fraction of sp³-hybridized carbons (Fsp3) is 0.893. The van der Waals surface area contributed by atoms with Gasteiger partial charge in [-0.1, -0.05) is 25.5 Å². The highest BCUT2D eigenvalue weighted by Gasteiger charge is 2.66. The van der Waals surface area contributed by atoms with Crippen LogP contribution in [0.2, 0.25) is 0 Å². The SMILES string of the molecule is CO[C@@H]1[C@H](OC2CCCC3=CC[C@H]4[C@@H]5CC[C@](O)(C(C)=O)[C@@]5(C)CC[C@@H]4[C@]32C)O[C@H](C)[C@H](O)[C@H]1O. The molecule has 0 spiro atoms. The standard InChI is InChI=1S/C28H44O7/c1-15-22(30)23(31)24(33-5)25(34-15)35-21-8-6-7-17-9-10-18-19-12-14-28(32,16(2)29)26(19,3)13-11-20(18)27(17,21)4/h9,15,18-25,30-32H,6-8,10-14H2,1-5H3/t15-,18+,19+,20+,21?,22+,23-,24+,25+,26+,27+,28+/m1/s1. The Bertz CT molecular complexity index is 873. The maximum Gasteiger partial charge on any atom is 0.187 e. The Kier molecular flexibility index (Phi) is 6.55. The summed E-state index contributed by atoms with van der Waals surface area (Å²) in [4.78, 5) is 12.5. The molecular formula is C28H44O7. The Morgan fingerprint density at radius 2 is 1.83 bits per heavy atom. The van der Waals surface area contributed by atoms with Crippen LogP contribution in [0.1, 0.15) is 79.1 Å². The van der Waals surface area contributed by atoms with Gasteiger partial charge in [-0.3, -0.25) is 4.79 Å². The molecule has 3 N–H and O–H groups in total. The Labute approximate surface area is 209 Å². The van der Waals surface area contributed by atoms with Crippen LogP contribution >= 0.6 is 0 Å². The first kappa shape index (κ1) is 25.8. The zero-order valence-corrected chi connectivity index (χ0v) is 21.9. The molecule has 7 nitrogen and oxygen atoms in total. The van der Waals surface area contributed by atoms with Crippen LogP contribution in [-0.4, -0.2) is 70.6 Å². The predicted molar refractivity (Wildman–Crippen MR) is 129 cm³/mol. The van der Waals surface area contributed by atoms with Gasteiger partial charge in [0, 0.05) is 17.9 Å². The first-order valence-electron chi connectivity index (χ1n) is 13.6. The molecule has 1 aliphatic heterocycles. The lowest BCUT2D eigenvalue weighted by molar-refractivity contribution is -0.320. The van der Waals surface area contributed by atoms with Gasteiger partial charge in [-0.2, -0.15) is 0 Å². The van der Waals surface area contributed by atoms with E-state index in [-0.39, 0.29) is 22.7 Å². The molecule has 3 saturated carbocycles. The molecule has 0 radical (unpaired) electrons. The molecule has 0 amide bonds. The number of carbonyl (C=O) groups is 1. The van der Waals surface area contributed by atoms with E-state index >= 15 is 0 Å². The van der Waals surface area contributed by atoms with Crippen LogP contribution in [0.15, 0.2) is 11.6 Å². The lowest BCUT2D eigenvalue weighted by Crippen LogP contribution is -2.61. The number of aliphatic hydroxyl groups is 3. The van der Waals surface area contributed by atoms with Crippen LogP contribution in [0.5, 0.6) is 0 Å². The van der Waals surface area contributed by atoms with E-state index in [1.165, 1.54) is 12.7 Å². The third-order valence-electron chi connectivity index (χ3n) is 11.2. The molecule has 0 aromatic carbocycles. The van der Waals surface area contributed by atoms with Crippen LogP contribution in [-0.2, 0) is 19.0 Å². The van der Waals surface area contributed by atoms with Crippen molar-refractivity contribution in [3.63, 3.8) is 0 Å². The van der Waals surface area contributed by atoms with Gasteiger partial charge in [-0.25, -0.2) is 0 Å². The van der Waals surface area contributed by atoms with E-state index in [9.17, 15) is 20.1 Å². The summed E-state index contributed by atoms with van der Waals surface area (Å²) < 4.78 is 18.3. The van der Waals surface area contributed by atoms with Crippen molar-refractivity contribution in [2.45, 2.75) is 121 Å². The highest BCUT2D eigenvalue weighted by molar-refractivity contribution is 5.86. The summed E-state index contributed by atoms with van der Waals surface area (Å²) in [5, 5.41) is 32.4. The monoisotopic (exact) mass is 492 g/mol. The smallest absolute Gasteiger partial charge is 0.187 e. The number of Topliss-reactive ketones (excluding diaryl/α,β-unsaturated/α-hetero) is 1. The first-order chi connectivity index (χ1) is 16.5. The van der Waals surface area contributed by atoms with Gasteiger partial charge >= 0.3 is 0 Å².